The first kappa shape index (κ1) is 17.9. The fraction of sp³-hybridized carbons (Fsp3) is 0.273. The van der Waals surface area contributed by atoms with E-state index in [1.807, 2.05) is 64.1 Å². The number of ketones is 1. The molecule has 0 N–H and O–H groups in total. The number of hydrogen-bond acceptors (Lipinski definition) is 3. The molecule has 0 bridgehead atoms. The lowest BCUT2D eigenvalue weighted by Gasteiger charge is -2.20. The van der Waals surface area contributed by atoms with Crippen molar-refractivity contribution < 1.29 is 14.3 Å². The predicted octanol–water partition coefficient (Wildman–Crippen LogP) is 5.27. The Balaban J connectivity index is 2.24. The maximum atomic E-state index is 13.1. The van der Waals surface area contributed by atoms with Gasteiger partial charge in [0.2, 0.25) is 0 Å². The van der Waals surface area contributed by atoms with Gasteiger partial charge in [0.1, 0.15) is 5.60 Å². The van der Waals surface area contributed by atoms with Gasteiger partial charge in [-0.25, -0.2) is 9.36 Å². The van der Waals surface area contributed by atoms with Gasteiger partial charge in [-0.2, -0.15) is 0 Å². The van der Waals surface area contributed by atoms with Crippen molar-refractivity contribution in [2.24, 2.45) is 0 Å². The SMILES string of the molecule is Cc1ccc2c(C(=O)c3ccccc3)c(C)n(C(=O)OC(C)(C)C)c2c1. The van der Waals surface area contributed by atoms with Gasteiger partial charge >= 0.3 is 6.09 Å². The molecule has 0 aliphatic carbocycles. The Morgan fingerprint density at radius 2 is 1.62 bits per heavy atom. The number of carbonyl (C=O) groups is 2. The molecule has 0 atom stereocenters. The molecule has 26 heavy (non-hydrogen) atoms. The highest BCUT2D eigenvalue weighted by Gasteiger charge is 2.26. The van der Waals surface area contributed by atoms with Crippen LogP contribution in [0.4, 0.5) is 4.79 Å². The van der Waals surface area contributed by atoms with Gasteiger partial charge in [-0.1, -0.05) is 42.5 Å². The topological polar surface area (TPSA) is 48.3 Å². The van der Waals surface area contributed by atoms with Crippen molar-refractivity contribution in [1.82, 2.24) is 4.57 Å². The molecule has 0 unspecified atom stereocenters. The van der Waals surface area contributed by atoms with Crippen molar-refractivity contribution in [2.75, 3.05) is 0 Å². The van der Waals surface area contributed by atoms with E-state index in [0.717, 1.165) is 10.9 Å². The van der Waals surface area contributed by atoms with Crippen molar-refractivity contribution in [3.63, 3.8) is 0 Å². The maximum absolute atomic E-state index is 13.1. The monoisotopic (exact) mass is 349 g/mol. The number of benzene rings is 2. The molecule has 0 radical (unpaired) electrons. The quantitative estimate of drug-likeness (QED) is 0.592. The molecule has 0 fully saturated rings. The summed E-state index contributed by atoms with van der Waals surface area (Å²) in [5.74, 6) is -0.0979. The summed E-state index contributed by atoms with van der Waals surface area (Å²) in [5.41, 5.74) is 2.81. The smallest absolute Gasteiger partial charge is 0.419 e. The predicted molar refractivity (Wildman–Crippen MR) is 103 cm³/mol. The van der Waals surface area contributed by atoms with Crippen LogP contribution in [-0.4, -0.2) is 22.0 Å². The van der Waals surface area contributed by atoms with Crippen LogP contribution >= 0.6 is 0 Å². The molecule has 134 valence electrons. The second-order valence-corrected chi connectivity index (χ2v) is 7.49. The third-order valence-corrected chi connectivity index (χ3v) is 4.20. The summed E-state index contributed by atoms with van der Waals surface area (Å²) in [4.78, 5) is 25.9. The zero-order chi connectivity index (χ0) is 19.1. The molecule has 0 saturated heterocycles. The van der Waals surface area contributed by atoms with Gasteiger partial charge in [-0.05, 0) is 46.2 Å². The minimum Gasteiger partial charge on any atom is -0.443 e. The van der Waals surface area contributed by atoms with Crippen molar-refractivity contribution in [2.45, 2.75) is 40.2 Å². The van der Waals surface area contributed by atoms with Crippen LogP contribution in [0.15, 0.2) is 48.5 Å². The number of aromatic nitrogens is 1. The van der Waals surface area contributed by atoms with Crippen LogP contribution < -0.4 is 0 Å². The Morgan fingerprint density at radius 3 is 2.23 bits per heavy atom. The van der Waals surface area contributed by atoms with Crippen molar-refractivity contribution in [3.8, 4) is 0 Å². The third kappa shape index (κ3) is 3.27. The van der Waals surface area contributed by atoms with E-state index < -0.39 is 11.7 Å². The van der Waals surface area contributed by atoms with Gasteiger partial charge in [0, 0.05) is 16.6 Å². The number of hydrogen-bond donors (Lipinski definition) is 0. The molecule has 0 aliphatic rings. The van der Waals surface area contributed by atoms with E-state index in [0.29, 0.717) is 22.3 Å². The van der Waals surface area contributed by atoms with Crippen molar-refractivity contribution >= 4 is 22.8 Å². The first-order valence-corrected chi connectivity index (χ1v) is 8.64. The number of nitrogens with zero attached hydrogens (tertiary/aromatic N) is 1. The molecule has 0 saturated carbocycles. The maximum Gasteiger partial charge on any atom is 0.419 e. The zero-order valence-corrected chi connectivity index (χ0v) is 15.8. The van der Waals surface area contributed by atoms with E-state index in [1.54, 1.807) is 19.1 Å². The van der Waals surface area contributed by atoms with Gasteiger partial charge in [0.05, 0.1) is 11.1 Å². The molecular formula is C22H23NO3. The van der Waals surface area contributed by atoms with Gasteiger partial charge < -0.3 is 4.74 Å². The van der Waals surface area contributed by atoms with Crippen LogP contribution in [0.5, 0.6) is 0 Å². The summed E-state index contributed by atoms with van der Waals surface area (Å²) in [6, 6.07) is 14.9. The van der Waals surface area contributed by atoms with Crippen molar-refractivity contribution in [1.29, 1.82) is 0 Å². The average Bonchev–Trinajstić information content (AvgIpc) is 2.84. The Kier molecular flexibility index (Phi) is 4.45. The summed E-state index contributed by atoms with van der Waals surface area (Å²) in [7, 11) is 0. The van der Waals surface area contributed by atoms with Gasteiger partial charge in [0.25, 0.3) is 0 Å². The van der Waals surface area contributed by atoms with Crippen LogP contribution in [0.2, 0.25) is 0 Å². The number of ether oxygens (including phenoxy) is 1. The fourth-order valence-corrected chi connectivity index (χ4v) is 3.09. The molecule has 4 nitrogen and oxygen atoms in total. The van der Waals surface area contributed by atoms with Gasteiger partial charge in [-0.3, -0.25) is 4.79 Å². The second kappa shape index (κ2) is 6.45. The highest BCUT2D eigenvalue weighted by molar-refractivity contribution is 6.18. The number of fused-ring (bicyclic) bond motifs is 1. The van der Waals surface area contributed by atoms with Crippen LogP contribution in [0.25, 0.3) is 10.9 Å². The van der Waals surface area contributed by atoms with Crippen LogP contribution in [0, 0.1) is 13.8 Å². The number of carbonyl (C=O) groups excluding carboxylic acids is 2. The van der Waals surface area contributed by atoms with E-state index in [-0.39, 0.29) is 5.78 Å². The summed E-state index contributed by atoms with van der Waals surface area (Å²) in [6.07, 6.45) is -0.474. The average molecular weight is 349 g/mol. The third-order valence-electron chi connectivity index (χ3n) is 4.20. The largest absolute Gasteiger partial charge is 0.443 e. The lowest BCUT2D eigenvalue weighted by atomic mass is 10.00. The standard InChI is InChI=1S/C22H23NO3/c1-14-11-12-17-18(13-14)23(21(25)26-22(3,4)5)15(2)19(17)20(24)16-9-7-6-8-10-16/h6-13H,1-5H3. The van der Waals surface area contributed by atoms with E-state index in [2.05, 4.69) is 0 Å². The molecule has 1 heterocycles. The Hall–Kier alpha value is -2.88. The van der Waals surface area contributed by atoms with E-state index >= 15 is 0 Å². The van der Waals surface area contributed by atoms with Crippen molar-refractivity contribution in [3.05, 3.63) is 70.9 Å². The highest BCUT2D eigenvalue weighted by atomic mass is 16.6. The summed E-state index contributed by atoms with van der Waals surface area (Å²) in [5, 5.41) is 0.757. The van der Waals surface area contributed by atoms with E-state index in [4.69, 9.17) is 4.74 Å². The number of rotatable bonds is 2. The number of aryl methyl sites for hydroxylation is 1. The van der Waals surface area contributed by atoms with Gasteiger partial charge in [-0.15, -0.1) is 0 Å². The second-order valence-electron chi connectivity index (χ2n) is 7.49. The fourth-order valence-electron chi connectivity index (χ4n) is 3.09. The molecule has 3 rings (SSSR count). The van der Waals surface area contributed by atoms with E-state index in [9.17, 15) is 9.59 Å². The normalized spacial score (nSPS) is 11.6. The Morgan fingerprint density at radius 1 is 0.962 bits per heavy atom. The summed E-state index contributed by atoms with van der Waals surface area (Å²) < 4.78 is 7.07. The molecule has 4 heteroatoms. The first-order valence-electron chi connectivity index (χ1n) is 8.64. The van der Waals surface area contributed by atoms with E-state index in [1.165, 1.54) is 4.57 Å². The Bertz CT molecular complexity index is 992. The van der Waals surface area contributed by atoms with Crippen LogP contribution in [0.3, 0.4) is 0 Å². The first-order chi connectivity index (χ1) is 12.2. The molecule has 2 aromatic carbocycles. The molecule has 3 aromatic rings. The zero-order valence-electron chi connectivity index (χ0n) is 15.8. The lowest BCUT2D eigenvalue weighted by molar-refractivity contribution is 0.0541. The van der Waals surface area contributed by atoms with Crippen LogP contribution in [-0.2, 0) is 4.74 Å². The highest BCUT2D eigenvalue weighted by Crippen LogP contribution is 2.30. The lowest BCUT2D eigenvalue weighted by Crippen LogP contribution is -2.27. The Labute approximate surface area is 153 Å². The minimum absolute atomic E-state index is 0.0979. The summed E-state index contributed by atoms with van der Waals surface area (Å²) in [6.45, 7) is 9.23. The molecule has 0 amide bonds. The minimum atomic E-state index is -0.618. The molecule has 0 spiro atoms. The molecule has 0 aliphatic heterocycles. The summed E-state index contributed by atoms with van der Waals surface area (Å²) >= 11 is 0. The van der Waals surface area contributed by atoms with Crippen LogP contribution in [0.1, 0.15) is 48.0 Å². The molecular weight excluding hydrogens is 326 g/mol. The molecule has 1 aromatic heterocycles. The van der Waals surface area contributed by atoms with Gasteiger partial charge in [0.15, 0.2) is 5.78 Å².